The van der Waals surface area contributed by atoms with E-state index in [-0.39, 0.29) is 6.54 Å². The molecule has 0 radical (unpaired) electrons. The Morgan fingerprint density at radius 1 is 1.21 bits per heavy atom. The van der Waals surface area contributed by atoms with E-state index in [0.717, 1.165) is 27.8 Å². The van der Waals surface area contributed by atoms with Crippen molar-refractivity contribution in [1.82, 2.24) is 15.1 Å². The fourth-order valence-corrected chi connectivity index (χ4v) is 4.87. The van der Waals surface area contributed by atoms with Crippen LogP contribution in [-0.4, -0.2) is 38.7 Å². The highest BCUT2D eigenvalue weighted by Crippen LogP contribution is 2.33. The van der Waals surface area contributed by atoms with Crippen molar-refractivity contribution in [3.8, 4) is 0 Å². The van der Waals surface area contributed by atoms with Crippen molar-refractivity contribution < 1.29 is 14.4 Å². The van der Waals surface area contributed by atoms with Crippen LogP contribution in [-0.2, 0) is 15.3 Å². The van der Waals surface area contributed by atoms with Gasteiger partial charge in [0.15, 0.2) is 4.34 Å². The number of carbonyl (C=O) groups excluding carboxylic acids is 3. The SMILES string of the molecule is CC(C)=C1SC(=O)N(CC(=O)Nc2nnc(SCc3ccc(Cl)cc3)s2)C1=O. The lowest BCUT2D eigenvalue weighted by atomic mass is 10.2. The van der Waals surface area contributed by atoms with Crippen LogP contribution in [0.2, 0.25) is 5.02 Å². The molecule has 0 spiro atoms. The molecule has 1 aliphatic heterocycles. The molecule has 0 atom stereocenters. The molecule has 0 aliphatic carbocycles. The maximum Gasteiger partial charge on any atom is 0.294 e. The second kappa shape index (κ2) is 9.08. The van der Waals surface area contributed by atoms with Gasteiger partial charge in [0, 0.05) is 10.8 Å². The fraction of sp³-hybridized carbons (Fsp3) is 0.235. The van der Waals surface area contributed by atoms with E-state index in [2.05, 4.69) is 15.5 Å². The summed E-state index contributed by atoms with van der Waals surface area (Å²) in [4.78, 5) is 37.6. The Kier molecular flexibility index (Phi) is 6.76. The zero-order valence-corrected chi connectivity index (χ0v) is 18.1. The summed E-state index contributed by atoms with van der Waals surface area (Å²) in [5.41, 5.74) is 1.84. The van der Waals surface area contributed by atoms with E-state index < -0.39 is 17.1 Å². The van der Waals surface area contributed by atoms with Crippen LogP contribution >= 0.6 is 46.5 Å². The molecular weight excluding hydrogens is 440 g/mol. The number of rotatable bonds is 6. The van der Waals surface area contributed by atoms with E-state index in [4.69, 9.17) is 11.6 Å². The van der Waals surface area contributed by atoms with Crippen molar-refractivity contribution in [1.29, 1.82) is 0 Å². The number of nitrogens with one attached hydrogen (secondary N) is 1. The van der Waals surface area contributed by atoms with Gasteiger partial charge in [-0.15, -0.1) is 10.2 Å². The van der Waals surface area contributed by atoms with Crippen LogP contribution in [0.4, 0.5) is 9.93 Å². The standard InChI is InChI=1S/C17H15ClN4O3S3/c1-9(2)13-14(24)22(17(25)27-13)7-12(23)19-15-20-21-16(28-15)26-8-10-3-5-11(18)6-4-10/h3-6H,7-8H2,1-2H3,(H,19,20,23). The van der Waals surface area contributed by atoms with Crippen LogP contribution in [0.15, 0.2) is 39.1 Å². The van der Waals surface area contributed by atoms with Crippen LogP contribution < -0.4 is 5.32 Å². The summed E-state index contributed by atoms with van der Waals surface area (Å²) in [6.07, 6.45) is 0. The van der Waals surface area contributed by atoms with Crippen LogP contribution in [0.3, 0.4) is 0 Å². The van der Waals surface area contributed by atoms with Gasteiger partial charge in [-0.2, -0.15) is 0 Å². The number of halogens is 1. The minimum Gasteiger partial charge on any atom is -0.299 e. The Balaban J connectivity index is 1.54. The van der Waals surface area contributed by atoms with E-state index in [1.54, 1.807) is 13.8 Å². The smallest absolute Gasteiger partial charge is 0.294 e. The third-order valence-electron chi connectivity index (χ3n) is 3.53. The number of carbonyl (C=O) groups is 3. The van der Waals surface area contributed by atoms with Gasteiger partial charge in [-0.3, -0.25) is 24.6 Å². The lowest BCUT2D eigenvalue weighted by Gasteiger charge is -2.11. The molecule has 28 heavy (non-hydrogen) atoms. The topological polar surface area (TPSA) is 92.3 Å². The molecule has 1 aromatic heterocycles. The second-order valence-corrected chi connectivity index (χ2v) is 9.52. The van der Waals surface area contributed by atoms with Crippen LogP contribution in [0.25, 0.3) is 0 Å². The number of hydrogen-bond acceptors (Lipinski definition) is 8. The van der Waals surface area contributed by atoms with Gasteiger partial charge in [0.25, 0.3) is 11.1 Å². The Hall–Kier alpha value is -1.88. The van der Waals surface area contributed by atoms with Crippen LogP contribution in [0, 0.1) is 0 Å². The van der Waals surface area contributed by atoms with E-state index in [1.807, 2.05) is 24.3 Å². The predicted molar refractivity (Wildman–Crippen MR) is 113 cm³/mol. The summed E-state index contributed by atoms with van der Waals surface area (Å²) in [5, 5.41) is 11.1. The number of nitrogens with zero attached hydrogens (tertiary/aromatic N) is 3. The van der Waals surface area contributed by atoms with Crippen molar-refractivity contribution in [3.63, 3.8) is 0 Å². The average Bonchev–Trinajstić information content (AvgIpc) is 3.20. The first kappa shape index (κ1) is 20.8. The molecule has 0 unspecified atom stereocenters. The summed E-state index contributed by atoms with van der Waals surface area (Å²) in [6, 6.07) is 7.51. The minimum atomic E-state index is -0.497. The van der Waals surface area contributed by atoms with E-state index in [1.165, 1.54) is 23.1 Å². The quantitative estimate of drug-likeness (QED) is 0.392. The number of benzene rings is 1. The number of thioether (sulfide) groups is 2. The van der Waals surface area contributed by atoms with Gasteiger partial charge in [0.1, 0.15) is 6.54 Å². The molecule has 11 heteroatoms. The highest BCUT2D eigenvalue weighted by Gasteiger charge is 2.36. The van der Waals surface area contributed by atoms with Gasteiger partial charge >= 0.3 is 0 Å². The fourth-order valence-electron chi connectivity index (χ4n) is 2.19. The third-order valence-corrected chi connectivity index (χ3v) is 7.01. The monoisotopic (exact) mass is 454 g/mol. The van der Waals surface area contributed by atoms with E-state index in [9.17, 15) is 14.4 Å². The molecule has 1 N–H and O–H groups in total. The molecule has 2 heterocycles. The summed E-state index contributed by atoms with van der Waals surface area (Å²) in [6.45, 7) is 3.15. The van der Waals surface area contributed by atoms with Gasteiger partial charge in [-0.25, -0.2) is 0 Å². The molecule has 146 valence electrons. The molecule has 0 bridgehead atoms. The van der Waals surface area contributed by atoms with Gasteiger partial charge in [0.05, 0.1) is 4.91 Å². The number of aromatic nitrogens is 2. The van der Waals surface area contributed by atoms with Crippen molar-refractivity contribution in [2.45, 2.75) is 23.9 Å². The molecular formula is C17H15ClN4O3S3. The number of allylic oxidation sites excluding steroid dienone is 1. The van der Waals surface area contributed by atoms with Gasteiger partial charge in [-0.1, -0.05) is 52.4 Å². The number of anilines is 1. The highest BCUT2D eigenvalue weighted by molar-refractivity contribution is 8.18. The number of hydrogen-bond donors (Lipinski definition) is 1. The molecule has 1 saturated heterocycles. The number of amides is 3. The van der Waals surface area contributed by atoms with Crippen molar-refractivity contribution in [2.24, 2.45) is 0 Å². The molecule has 1 aromatic carbocycles. The van der Waals surface area contributed by atoms with E-state index >= 15 is 0 Å². The Morgan fingerprint density at radius 3 is 2.57 bits per heavy atom. The van der Waals surface area contributed by atoms with E-state index in [0.29, 0.717) is 25.2 Å². The van der Waals surface area contributed by atoms with Gasteiger partial charge in [0.2, 0.25) is 11.0 Å². The first-order valence-electron chi connectivity index (χ1n) is 8.05. The maximum absolute atomic E-state index is 12.2. The normalized spacial score (nSPS) is 14.0. The van der Waals surface area contributed by atoms with Crippen molar-refractivity contribution >= 4 is 68.6 Å². The average molecular weight is 455 g/mol. The molecule has 2 aromatic rings. The van der Waals surface area contributed by atoms with Gasteiger partial charge in [-0.05, 0) is 43.3 Å². The van der Waals surface area contributed by atoms with Gasteiger partial charge < -0.3 is 0 Å². The number of imide groups is 1. The zero-order valence-electron chi connectivity index (χ0n) is 14.9. The Labute approximate surface area is 178 Å². The summed E-state index contributed by atoms with van der Waals surface area (Å²) in [5.74, 6) is -0.247. The first-order valence-corrected chi connectivity index (χ1v) is 11.0. The molecule has 7 nitrogen and oxygen atoms in total. The molecule has 3 amide bonds. The minimum absolute atomic E-state index is 0.317. The Morgan fingerprint density at radius 2 is 1.93 bits per heavy atom. The van der Waals surface area contributed by atoms with Crippen LogP contribution in [0.1, 0.15) is 19.4 Å². The van der Waals surface area contributed by atoms with Crippen molar-refractivity contribution in [2.75, 3.05) is 11.9 Å². The van der Waals surface area contributed by atoms with Crippen LogP contribution in [0.5, 0.6) is 0 Å². The Bertz CT molecular complexity index is 955. The largest absolute Gasteiger partial charge is 0.299 e. The highest BCUT2D eigenvalue weighted by atomic mass is 35.5. The summed E-state index contributed by atoms with van der Waals surface area (Å²) in [7, 11) is 0. The molecule has 1 fully saturated rings. The third kappa shape index (κ3) is 5.13. The lowest BCUT2D eigenvalue weighted by Crippen LogP contribution is -2.36. The van der Waals surface area contributed by atoms with Crippen molar-refractivity contribution in [3.05, 3.63) is 45.3 Å². The molecule has 1 aliphatic rings. The summed E-state index contributed by atoms with van der Waals surface area (Å²) < 4.78 is 0.695. The maximum atomic E-state index is 12.2. The first-order chi connectivity index (χ1) is 13.3. The lowest BCUT2D eigenvalue weighted by molar-refractivity contribution is -0.127. The zero-order chi connectivity index (χ0) is 20.3. The molecule has 3 rings (SSSR count). The molecule has 0 saturated carbocycles. The second-order valence-electron chi connectivity index (χ2n) is 5.92. The summed E-state index contributed by atoms with van der Waals surface area (Å²) >= 11 is 9.43. The predicted octanol–water partition coefficient (Wildman–Crippen LogP) is 4.41.